The van der Waals surface area contributed by atoms with Crippen LogP contribution in [0.25, 0.3) is 11.3 Å². The van der Waals surface area contributed by atoms with Crippen LogP contribution in [0.1, 0.15) is 22.2 Å². The minimum absolute atomic E-state index is 0.0410. The van der Waals surface area contributed by atoms with Crippen molar-refractivity contribution in [2.24, 2.45) is 4.99 Å². The maximum atomic E-state index is 12.4. The SMILES string of the molecule is CC(=O)c1ccc(-n2c(O)c(C3=c4ccccc4=NC3=O)sc2=S)cc1. The van der Waals surface area contributed by atoms with Crippen molar-refractivity contribution in [3.8, 4) is 11.6 Å². The Morgan fingerprint density at radius 2 is 1.85 bits per heavy atom. The summed E-state index contributed by atoms with van der Waals surface area (Å²) in [5.41, 5.74) is 1.55. The molecule has 2 aromatic carbocycles. The lowest BCUT2D eigenvalue weighted by molar-refractivity contribution is -0.112. The topological polar surface area (TPSA) is 71.7 Å². The smallest absolute Gasteiger partial charge is 0.279 e. The molecule has 1 aromatic heterocycles. The molecule has 0 aliphatic carbocycles. The van der Waals surface area contributed by atoms with Crippen molar-refractivity contribution in [2.45, 2.75) is 6.92 Å². The van der Waals surface area contributed by atoms with E-state index < -0.39 is 5.91 Å². The van der Waals surface area contributed by atoms with E-state index in [0.29, 0.717) is 36.2 Å². The van der Waals surface area contributed by atoms with Gasteiger partial charge in [-0.1, -0.05) is 18.2 Å². The largest absolute Gasteiger partial charge is 0.493 e. The molecule has 3 aromatic rings. The lowest BCUT2D eigenvalue weighted by atomic mass is 10.1. The molecule has 128 valence electrons. The number of carbonyl (C=O) groups is 2. The van der Waals surface area contributed by atoms with Gasteiger partial charge in [-0.15, -0.1) is 11.3 Å². The van der Waals surface area contributed by atoms with Gasteiger partial charge in [0.05, 0.1) is 16.6 Å². The predicted octanol–water partition coefficient (Wildman–Crippen LogP) is 2.54. The molecule has 1 N–H and O–H groups in total. The van der Waals surface area contributed by atoms with E-state index in [0.717, 1.165) is 11.3 Å². The average Bonchev–Trinajstić information content (AvgIpc) is 3.10. The van der Waals surface area contributed by atoms with Crippen molar-refractivity contribution < 1.29 is 14.7 Å². The first-order valence-corrected chi connectivity index (χ1v) is 8.99. The molecule has 7 heteroatoms. The summed E-state index contributed by atoms with van der Waals surface area (Å²) in [5.74, 6) is -0.539. The number of Topliss-reactive ketones (excluding diaryl/α,β-unsaturated/α-hetero) is 1. The van der Waals surface area contributed by atoms with Crippen molar-refractivity contribution in [1.82, 2.24) is 4.57 Å². The standard InChI is InChI=1S/C19H12N2O3S2/c1-10(22)11-6-8-12(9-7-11)21-18(24)16(26-19(21)25)15-13-4-2-3-5-14(13)20-17(15)23/h2-9,24H,1H3. The predicted molar refractivity (Wildman–Crippen MR) is 101 cm³/mol. The molecule has 2 heterocycles. The lowest BCUT2D eigenvalue weighted by Gasteiger charge is -2.06. The molecule has 4 rings (SSSR count). The highest BCUT2D eigenvalue weighted by Gasteiger charge is 2.25. The fraction of sp³-hybridized carbons (Fsp3) is 0.0526. The summed E-state index contributed by atoms with van der Waals surface area (Å²) in [6.45, 7) is 1.49. The van der Waals surface area contributed by atoms with Gasteiger partial charge in [-0.3, -0.25) is 14.2 Å². The first-order valence-electron chi connectivity index (χ1n) is 7.76. The van der Waals surface area contributed by atoms with Crippen LogP contribution in [0.5, 0.6) is 5.88 Å². The van der Waals surface area contributed by atoms with Gasteiger partial charge in [0.2, 0.25) is 5.88 Å². The summed E-state index contributed by atoms with van der Waals surface area (Å²) in [5, 5.41) is 12.0. The minimum atomic E-state index is -0.392. The van der Waals surface area contributed by atoms with Gasteiger partial charge in [0, 0.05) is 10.8 Å². The van der Waals surface area contributed by atoms with Crippen LogP contribution in [-0.4, -0.2) is 21.4 Å². The Bertz CT molecular complexity index is 1250. The number of hydrogen-bond donors (Lipinski definition) is 1. The van der Waals surface area contributed by atoms with Crippen molar-refractivity contribution in [2.75, 3.05) is 0 Å². The minimum Gasteiger partial charge on any atom is -0.493 e. The summed E-state index contributed by atoms with van der Waals surface area (Å²) in [7, 11) is 0. The number of benzene rings is 2. The van der Waals surface area contributed by atoms with Crippen LogP contribution in [-0.2, 0) is 4.79 Å². The Balaban J connectivity index is 1.92. The van der Waals surface area contributed by atoms with E-state index in [2.05, 4.69) is 4.99 Å². The molecule has 1 aliphatic rings. The highest BCUT2D eigenvalue weighted by atomic mass is 32.1. The number of thiazole rings is 1. The van der Waals surface area contributed by atoms with E-state index in [1.54, 1.807) is 36.4 Å². The van der Waals surface area contributed by atoms with Gasteiger partial charge in [-0.2, -0.15) is 0 Å². The van der Waals surface area contributed by atoms with E-state index in [1.807, 2.05) is 12.1 Å². The molecule has 26 heavy (non-hydrogen) atoms. The maximum Gasteiger partial charge on any atom is 0.279 e. The zero-order valence-corrected chi connectivity index (χ0v) is 15.2. The molecule has 5 nitrogen and oxygen atoms in total. The van der Waals surface area contributed by atoms with E-state index in [1.165, 1.54) is 11.5 Å². The summed E-state index contributed by atoms with van der Waals surface area (Å²) >= 11 is 6.55. The van der Waals surface area contributed by atoms with Gasteiger partial charge in [-0.25, -0.2) is 4.99 Å². The molecular weight excluding hydrogens is 368 g/mol. The first-order chi connectivity index (χ1) is 12.5. The second-order valence-electron chi connectivity index (χ2n) is 5.77. The number of hydrogen-bond acceptors (Lipinski definition) is 5. The van der Waals surface area contributed by atoms with Crippen LogP contribution in [0.2, 0.25) is 0 Å². The second kappa shape index (κ2) is 6.12. The van der Waals surface area contributed by atoms with Gasteiger partial charge in [0.15, 0.2) is 9.74 Å². The monoisotopic (exact) mass is 380 g/mol. The summed E-state index contributed by atoms with van der Waals surface area (Å²) in [4.78, 5) is 28.2. The first kappa shape index (κ1) is 16.6. The van der Waals surface area contributed by atoms with Crippen LogP contribution in [0.4, 0.5) is 0 Å². The second-order valence-corrected chi connectivity index (χ2v) is 7.41. The fourth-order valence-corrected chi connectivity index (χ4v) is 4.27. The number of carbonyl (C=O) groups excluding carboxylic acids is 2. The van der Waals surface area contributed by atoms with E-state index in [-0.39, 0.29) is 11.7 Å². The number of ketones is 1. The Kier molecular flexibility index (Phi) is 3.90. The molecule has 1 amide bonds. The number of rotatable bonds is 3. The molecule has 0 atom stereocenters. The molecule has 0 spiro atoms. The van der Waals surface area contributed by atoms with Crippen molar-refractivity contribution in [1.29, 1.82) is 0 Å². The lowest BCUT2D eigenvalue weighted by Crippen LogP contribution is -2.22. The number of fused-ring (bicyclic) bond motifs is 1. The third kappa shape index (κ3) is 2.53. The number of para-hydroxylation sites is 1. The average molecular weight is 380 g/mol. The third-order valence-corrected chi connectivity index (χ3v) is 5.54. The van der Waals surface area contributed by atoms with Crippen molar-refractivity contribution in [3.63, 3.8) is 0 Å². The Labute approximate surface area is 157 Å². The summed E-state index contributed by atoms with van der Waals surface area (Å²) < 4.78 is 1.89. The molecule has 0 unspecified atom stereocenters. The molecule has 1 aliphatic heterocycles. The molecule has 0 radical (unpaired) electrons. The Hall–Kier alpha value is -2.90. The van der Waals surface area contributed by atoms with Gasteiger partial charge in [-0.05, 0) is 49.5 Å². The Morgan fingerprint density at radius 3 is 2.54 bits per heavy atom. The highest BCUT2D eigenvalue weighted by Crippen LogP contribution is 2.34. The van der Waals surface area contributed by atoms with E-state index in [9.17, 15) is 14.7 Å². The maximum absolute atomic E-state index is 12.4. The zero-order chi connectivity index (χ0) is 18.4. The van der Waals surface area contributed by atoms with Crippen LogP contribution >= 0.6 is 23.6 Å². The third-order valence-electron chi connectivity index (χ3n) is 4.16. The molecular formula is C19H12N2O3S2. The summed E-state index contributed by atoms with van der Waals surface area (Å²) in [6, 6.07) is 14.0. The highest BCUT2D eigenvalue weighted by molar-refractivity contribution is 7.73. The van der Waals surface area contributed by atoms with Crippen LogP contribution in [0, 0.1) is 3.95 Å². The van der Waals surface area contributed by atoms with Crippen molar-refractivity contribution >= 4 is 40.8 Å². The number of aromatic hydroxyl groups is 1. The van der Waals surface area contributed by atoms with Gasteiger partial charge < -0.3 is 5.11 Å². The Morgan fingerprint density at radius 1 is 1.15 bits per heavy atom. The number of amides is 1. The van der Waals surface area contributed by atoms with Crippen LogP contribution < -0.4 is 10.6 Å². The van der Waals surface area contributed by atoms with Gasteiger partial charge >= 0.3 is 0 Å². The number of nitrogens with zero attached hydrogens (tertiary/aromatic N) is 2. The van der Waals surface area contributed by atoms with Crippen LogP contribution in [0.15, 0.2) is 53.5 Å². The van der Waals surface area contributed by atoms with Crippen LogP contribution in [0.3, 0.4) is 0 Å². The molecule has 0 fully saturated rings. The fourth-order valence-electron chi connectivity index (χ4n) is 2.88. The zero-order valence-electron chi connectivity index (χ0n) is 13.6. The van der Waals surface area contributed by atoms with Gasteiger partial charge in [0.1, 0.15) is 4.88 Å². The molecule has 0 saturated heterocycles. The van der Waals surface area contributed by atoms with E-state index >= 15 is 0 Å². The molecule has 0 bridgehead atoms. The van der Waals surface area contributed by atoms with E-state index in [4.69, 9.17) is 12.2 Å². The quantitative estimate of drug-likeness (QED) is 0.560. The number of aromatic nitrogens is 1. The van der Waals surface area contributed by atoms with Gasteiger partial charge in [0.25, 0.3) is 5.91 Å². The van der Waals surface area contributed by atoms with Crippen molar-refractivity contribution in [3.05, 3.63) is 73.5 Å². The normalized spacial score (nSPS) is 12.8. The summed E-state index contributed by atoms with van der Waals surface area (Å²) in [6.07, 6.45) is 0. The molecule has 0 saturated carbocycles.